The van der Waals surface area contributed by atoms with Gasteiger partial charge in [-0.05, 0) is 30.7 Å². The number of rotatable bonds is 4. The molecular weight excluding hydrogens is 348 g/mol. The standard InChI is InChI=1S/C23H20N4O/c1-15(16-11-13-25-14-12-16)26-23(28)20-18-9-5-6-10-19(18)27-22(21(20)24)17-7-3-2-4-8-17/h2-15H,24H2,1H3,(H,26,28). The number of hydrogen-bond donors (Lipinski definition) is 2. The normalized spacial score (nSPS) is 11.9. The molecule has 1 amide bonds. The predicted octanol–water partition coefficient (Wildman–Crippen LogP) is 4.37. The molecule has 5 heteroatoms. The summed E-state index contributed by atoms with van der Waals surface area (Å²) in [5.41, 5.74) is 10.5. The molecule has 1 unspecified atom stereocenters. The highest BCUT2D eigenvalue weighted by Crippen LogP contribution is 2.32. The zero-order chi connectivity index (χ0) is 19.5. The van der Waals surface area contributed by atoms with E-state index < -0.39 is 0 Å². The maximum Gasteiger partial charge on any atom is 0.254 e. The lowest BCUT2D eigenvalue weighted by molar-refractivity contribution is 0.0942. The van der Waals surface area contributed by atoms with Crippen molar-refractivity contribution in [1.29, 1.82) is 0 Å². The molecule has 2 aromatic heterocycles. The molecule has 4 aromatic rings. The van der Waals surface area contributed by atoms with Crippen molar-refractivity contribution < 1.29 is 4.79 Å². The highest BCUT2D eigenvalue weighted by Gasteiger charge is 2.21. The molecule has 0 saturated carbocycles. The number of carbonyl (C=O) groups is 1. The third-order valence-corrected chi connectivity index (χ3v) is 4.76. The lowest BCUT2D eigenvalue weighted by Crippen LogP contribution is -2.28. The molecule has 5 nitrogen and oxygen atoms in total. The summed E-state index contributed by atoms with van der Waals surface area (Å²) >= 11 is 0. The first-order valence-corrected chi connectivity index (χ1v) is 9.09. The molecule has 0 radical (unpaired) electrons. The first-order chi connectivity index (χ1) is 13.6. The zero-order valence-corrected chi connectivity index (χ0v) is 15.5. The van der Waals surface area contributed by atoms with Gasteiger partial charge in [0.1, 0.15) is 0 Å². The minimum atomic E-state index is -0.224. The number of nitrogens with one attached hydrogen (secondary N) is 1. The Hall–Kier alpha value is -3.73. The van der Waals surface area contributed by atoms with Crippen LogP contribution in [0.4, 0.5) is 5.69 Å². The summed E-state index contributed by atoms with van der Waals surface area (Å²) in [4.78, 5) is 21.9. The van der Waals surface area contributed by atoms with E-state index in [9.17, 15) is 4.79 Å². The number of nitrogens with zero attached hydrogens (tertiary/aromatic N) is 2. The number of fused-ring (bicyclic) bond motifs is 1. The molecule has 1 atom stereocenters. The fourth-order valence-corrected chi connectivity index (χ4v) is 3.29. The molecule has 138 valence electrons. The maximum atomic E-state index is 13.2. The van der Waals surface area contributed by atoms with E-state index in [2.05, 4.69) is 10.3 Å². The van der Waals surface area contributed by atoms with Crippen LogP contribution in [0.15, 0.2) is 79.1 Å². The van der Waals surface area contributed by atoms with Gasteiger partial charge in [-0.15, -0.1) is 0 Å². The second-order valence-corrected chi connectivity index (χ2v) is 6.61. The van der Waals surface area contributed by atoms with Gasteiger partial charge in [-0.1, -0.05) is 48.5 Å². The third kappa shape index (κ3) is 3.30. The molecule has 0 spiro atoms. The summed E-state index contributed by atoms with van der Waals surface area (Å²) in [6.45, 7) is 1.94. The van der Waals surface area contributed by atoms with Crippen molar-refractivity contribution in [3.8, 4) is 11.3 Å². The van der Waals surface area contributed by atoms with Crippen LogP contribution in [0, 0.1) is 0 Å². The number of pyridine rings is 2. The average Bonchev–Trinajstić information content (AvgIpc) is 2.74. The Morgan fingerprint density at radius 2 is 1.64 bits per heavy atom. The van der Waals surface area contributed by atoms with Crippen LogP contribution in [0.2, 0.25) is 0 Å². The molecule has 0 aliphatic carbocycles. The van der Waals surface area contributed by atoms with Gasteiger partial charge < -0.3 is 11.1 Å². The van der Waals surface area contributed by atoms with Crippen molar-refractivity contribution in [2.24, 2.45) is 0 Å². The summed E-state index contributed by atoms with van der Waals surface area (Å²) in [6, 6.07) is 20.8. The Morgan fingerprint density at radius 3 is 2.39 bits per heavy atom. The van der Waals surface area contributed by atoms with Crippen molar-refractivity contribution >= 4 is 22.5 Å². The lowest BCUT2D eigenvalue weighted by Gasteiger charge is -2.18. The molecule has 4 rings (SSSR count). The minimum Gasteiger partial charge on any atom is -0.396 e. The molecule has 0 saturated heterocycles. The average molecular weight is 368 g/mol. The molecule has 0 bridgehead atoms. The Kier molecular flexibility index (Phi) is 4.72. The number of nitrogens with two attached hydrogens (primary N) is 1. The van der Waals surface area contributed by atoms with Crippen LogP contribution in [-0.4, -0.2) is 15.9 Å². The third-order valence-electron chi connectivity index (χ3n) is 4.76. The van der Waals surface area contributed by atoms with Crippen LogP contribution < -0.4 is 11.1 Å². The first-order valence-electron chi connectivity index (χ1n) is 9.09. The van der Waals surface area contributed by atoms with E-state index >= 15 is 0 Å². The van der Waals surface area contributed by atoms with Crippen molar-refractivity contribution in [1.82, 2.24) is 15.3 Å². The summed E-state index contributed by atoms with van der Waals surface area (Å²) in [6.07, 6.45) is 3.42. The van der Waals surface area contributed by atoms with E-state index in [1.807, 2.05) is 73.7 Å². The van der Waals surface area contributed by atoms with Crippen molar-refractivity contribution in [2.75, 3.05) is 5.73 Å². The Morgan fingerprint density at radius 1 is 0.964 bits per heavy atom. The number of benzene rings is 2. The number of amides is 1. The van der Waals surface area contributed by atoms with Gasteiger partial charge in [0.2, 0.25) is 0 Å². The highest BCUT2D eigenvalue weighted by molar-refractivity contribution is 6.12. The molecule has 0 aliphatic heterocycles. The second kappa shape index (κ2) is 7.48. The number of anilines is 1. The molecule has 3 N–H and O–H groups in total. The smallest absolute Gasteiger partial charge is 0.254 e. The SMILES string of the molecule is CC(NC(=O)c1c(N)c(-c2ccccc2)nc2ccccc12)c1ccncc1. The molecule has 2 aromatic carbocycles. The zero-order valence-electron chi connectivity index (χ0n) is 15.5. The van der Waals surface area contributed by atoms with E-state index in [1.165, 1.54) is 0 Å². The number of aromatic nitrogens is 2. The van der Waals surface area contributed by atoms with Gasteiger partial charge in [0.05, 0.1) is 28.5 Å². The Bertz CT molecular complexity index is 1130. The van der Waals surface area contributed by atoms with Crippen molar-refractivity contribution in [3.63, 3.8) is 0 Å². The predicted molar refractivity (Wildman–Crippen MR) is 112 cm³/mol. The monoisotopic (exact) mass is 368 g/mol. The molecule has 2 heterocycles. The highest BCUT2D eigenvalue weighted by atomic mass is 16.1. The summed E-state index contributed by atoms with van der Waals surface area (Å²) < 4.78 is 0. The van der Waals surface area contributed by atoms with Gasteiger partial charge in [-0.25, -0.2) is 4.98 Å². The Balaban J connectivity index is 1.81. The number of hydrogen-bond acceptors (Lipinski definition) is 4. The maximum absolute atomic E-state index is 13.2. The van der Waals surface area contributed by atoms with Gasteiger partial charge in [0, 0.05) is 23.3 Å². The van der Waals surface area contributed by atoms with Gasteiger partial charge in [0.15, 0.2) is 0 Å². The van der Waals surface area contributed by atoms with Crippen LogP contribution in [0.1, 0.15) is 28.9 Å². The summed E-state index contributed by atoms with van der Waals surface area (Å²) in [5.74, 6) is -0.224. The topological polar surface area (TPSA) is 80.9 Å². The fraction of sp³-hybridized carbons (Fsp3) is 0.0870. The second-order valence-electron chi connectivity index (χ2n) is 6.61. The van der Waals surface area contributed by atoms with Crippen LogP contribution in [0.3, 0.4) is 0 Å². The Labute approximate surface area is 163 Å². The molecule has 28 heavy (non-hydrogen) atoms. The number of para-hydroxylation sites is 1. The van der Waals surface area contributed by atoms with Crippen LogP contribution >= 0.6 is 0 Å². The van der Waals surface area contributed by atoms with E-state index in [0.717, 1.165) is 22.0 Å². The molecular formula is C23H20N4O. The minimum absolute atomic E-state index is 0.179. The van der Waals surface area contributed by atoms with Crippen LogP contribution in [-0.2, 0) is 0 Å². The quantitative estimate of drug-likeness (QED) is 0.560. The van der Waals surface area contributed by atoms with Gasteiger partial charge in [-0.2, -0.15) is 0 Å². The molecule has 0 aliphatic rings. The van der Waals surface area contributed by atoms with Gasteiger partial charge >= 0.3 is 0 Å². The first kappa shape index (κ1) is 17.7. The number of nitrogen functional groups attached to an aromatic ring is 1. The lowest BCUT2D eigenvalue weighted by atomic mass is 10.00. The van der Waals surface area contributed by atoms with Gasteiger partial charge in [0.25, 0.3) is 5.91 Å². The molecule has 0 fully saturated rings. The van der Waals surface area contributed by atoms with Gasteiger partial charge in [-0.3, -0.25) is 9.78 Å². The van der Waals surface area contributed by atoms with Crippen LogP contribution in [0.25, 0.3) is 22.2 Å². The van der Waals surface area contributed by atoms with Crippen molar-refractivity contribution in [3.05, 3.63) is 90.3 Å². The van der Waals surface area contributed by atoms with E-state index in [-0.39, 0.29) is 11.9 Å². The van der Waals surface area contributed by atoms with Crippen LogP contribution in [0.5, 0.6) is 0 Å². The van der Waals surface area contributed by atoms with E-state index in [4.69, 9.17) is 10.7 Å². The van der Waals surface area contributed by atoms with E-state index in [1.54, 1.807) is 12.4 Å². The van der Waals surface area contributed by atoms with E-state index in [0.29, 0.717) is 16.9 Å². The van der Waals surface area contributed by atoms with Crippen molar-refractivity contribution in [2.45, 2.75) is 13.0 Å². The summed E-state index contributed by atoms with van der Waals surface area (Å²) in [5, 5.41) is 3.78. The summed E-state index contributed by atoms with van der Waals surface area (Å²) in [7, 11) is 0. The largest absolute Gasteiger partial charge is 0.396 e. The number of carbonyl (C=O) groups excluding carboxylic acids is 1. The fourth-order valence-electron chi connectivity index (χ4n) is 3.29.